The lowest BCUT2D eigenvalue weighted by molar-refractivity contribution is -0.118. The largest absolute Gasteiger partial charge is 0.355 e. The number of hydrogen-bond donors (Lipinski definition) is 2. The summed E-state index contributed by atoms with van der Waals surface area (Å²) in [7, 11) is 0. The zero-order valence-electron chi connectivity index (χ0n) is 14.8. The second kappa shape index (κ2) is 10.3. The molecule has 2 heterocycles. The van der Waals surface area contributed by atoms with Gasteiger partial charge in [0.1, 0.15) is 5.82 Å². The summed E-state index contributed by atoms with van der Waals surface area (Å²) in [6, 6.07) is 12.4. The van der Waals surface area contributed by atoms with Crippen molar-refractivity contribution in [2.24, 2.45) is 0 Å². The highest BCUT2D eigenvalue weighted by atomic mass is 32.2. The van der Waals surface area contributed by atoms with Crippen LogP contribution in [0.15, 0.2) is 51.8 Å². The van der Waals surface area contributed by atoms with Gasteiger partial charge in [-0.15, -0.1) is 28.2 Å². The monoisotopic (exact) mass is 416 g/mol. The summed E-state index contributed by atoms with van der Waals surface area (Å²) >= 11 is 4.72. The molecular formula is C19H20N4OS3. The third-order valence-corrected chi connectivity index (χ3v) is 6.18. The lowest BCUT2D eigenvalue weighted by Crippen LogP contribution is -2.27. The standard InChI is InChI=1S/C19H20N4OS3/c1-14-4-6-16(7-5-14)26-12-10-20-18(24)13-27-19-21-17(22-23-19)9-8-15-3-2-11-25-15/h2-9,11H,10,12-13H2,1H3,(H,20,24)(H,21,22,23)/b9-8+. The SMILES string of the molecule is Cc1ccc(SCCNC(=O)CSc2n[nH]c(/C=C/c3cccs3)n2)cc1. The fourth-order valence-corrected chi connectivity index (χ4v) is 4.14. The highest BCUT2D eigenvalue weighted by Crippen LogP contribution is 2.18. The van der Waals surface area contributed by atoms with Crippen molar-refractivity contribution < 1.29 is 4.79 Å². The first-order valence-electron chi connectivity index (χ1n) is 8.42. The molecule has 0 aliphatic rings. The summed E-state index contributed by atoms with van der Waals surface area (Å²) in [5.41, 5.74) is 1.25. The highest BCUT2D eigenvalue weighted by Gasteiger charge is 2.06. The number of nitrogens with zero attached hydrogens (tertiary/aromatic N) is 2. The van der Waals surface area contributed by atoms with Gasteiger partial charge in [-0.1, -0.05) is 35.5 Å². The maximum absolute atomic E-state index is 11.9. The van der Waals surface area contributed by atoms with Gasteiger partial charge in [-0.25, -0.2) is 4.98 Å². The molecule has 5 nitrogen and oxygen atoms in total. The maximum Gasteiger partial charge on any atom is 0.230 e. The van der Waals surface area contributed by atoms with Crippen LogP contribution in [0.2, 0.25) is 0 Å². The van der Waals surface area contributed by atoms with Crippen molar-refractivity contribution in [3.8, 4) is 0 Å². The molecule has 2 aromatic heterocycles. The average molecular weight is 417 g/mol. The minimum Gasteiger partial charge on any atom is -0.355 e. The van der Waals surface area contributed by atoms with Crippen molar-refractivity contribution in [2.45, 2.75) is 17.0 Å². The Morgan fingerprint density at radius 1 is 1.22 bits per heavy atom. The van der Waals surface area contributed by atoms with Crippen LogP contribution in [0, 0.1) is 6.92 Å². The summed E-state index contributed by atoms with van der Waals surface area (Å²) in [6.45, 7) is 2.71. The van der Waals surface area contributed by atoms with E-state index in [0.29, 0.717) is 23.3 Å². The Kier molecular flexibility index (Phi) is 7.55. The van der Waals surface area contributed by atoms with Gasteiger partial charge in [0.2, 0.25) is 11.1 Å². The lowest BCUT2D eigenvalue weighted by atomic mass is 10.2. The Balaban J connectivity index is 1.33. The van der Waals surface area contributed by atoms with E-state index in [9.17, 15) is 4.79 Å². The molecule has 2 N–H and O–H groups in total. The molecule has 0 atom stereocenters. The first-order chi connectivity index (χ1) is 13.2. The molecule has 140 valence electrons. The summed E-state index contributed by atoms with van der Waals surface area (Å²) in [4.78, 5) is 18.7. The Morgan fingerprint density at radius 3 is 2.85 bits per heavy atom. The number of amides is 1. The van der Waals surface area contributed by atoms with E-state index >= 15 is 0 Å². The number of aromatic nitrogens is 3. The van der Waals surface area contributed by atoms with Crippen molar-refractivity contribution in [3.05, 3.63) is 58.0 Å². The van der Waals surface area contributed by atoms with Gasteiger partial charge in [0, 0.05) is 22.1 Å². The first kappa shape index (κ1) is 19.7. The molecule has 0 fully saturated rings. The number of carbonyl (C=O) groups is 1. The van der Waals surface area contributed by atoms with E-state index in [-0.39, 0.29) is 5.91 Å². The minimum absolute atomic E-state index is 0.00927. The van der Waals surface area contributed by atoms with Crippen LogP contribution in [0.4, 0.5) is 0 Å². The second-order valence-corrected chi connectivity index (χ2v) is 8.74. The zero-order chi connectivity index (χ0) is 18.9. The fourth-order valence-electron chi connectivity index (χ4n) is 2.12. The van der Waals surface area contributed by atoms with Crippen LogP contribution >= 0.6 is 34.9 Å². The normalized spacial score (nSPS) is 11.1. The molecular weight excluding hydrogens is 396 g/mol. The van der Waals surface area contributed by atoms with Crippen LogP contribution in [-0.4, -0.2) is 39.1 Å². The number of aryl methyl sites for hydroxylation is 1. The molecule has 0 unspecified atom stereocenters. The highest BCUT2D eigenvalue weighted by molar-refractivity contribution is 7.99. The van der Waals surface area contributed by atoms with Crippen LogP contribution in [-0.2, 0) is 4.79 Å². The number of benzene rings is 1. The fraction of sp³-hybridized carbons (Fsp3) is 0.211. The molecule has 0 radical (unpaired) electrons. The summed E-state index contributed by atoms with van der Waals surface area (Å²) in [5.74, 6) is 1.82. The van der Waals surface area contributed by atoms with Crippen molar-refractivity contribution >= 4 is 52.9 Å². The number of nitrogens with one attached hydrogen (secondary N) is 2. The molecule has 0 aliphatic carbocycles. The van der Waals surface area contributed by atoms with Crippen LogP contribution in [0.3, 0.4) is 0 Å². The molecule has 3 rings (SSSR count). The summed E-state index contributed by atoms with van der Waals surface area (Å²) in [6.07, 6.45) is 3.86. The van der Waals surface area contributed by atoms with Gasteiger partial charge >= 0.3 is 0 Å². The van der Waals surface area contributed by atoms with Gasteiger partial charge in [0.15, 0.2) is 0 Å². The number of aromatic amines is 1. The Morgan fingerprint density at radius 2 is 2.07 bits per heavy atom. The molecule has 0 spiro atoms. The molecule has 8 heteroatoms. The van der Waals surface area contributed by atoms with Gasteiger partial charge in [-0.2, -0.15) is 0 Å². The third kappa shape index (κ3) is 6.89. The molecule has 0 bridgehead atoms. The van der Waals surface area contributed by atoms with Gasteiger partial charge in [-0.05, 0) is 42.7 Å². The lowest BCUT2D eigenvalue weighted by Gasteiger charge is -2.04. The van der Waals surface area contributed by atoms with Gasteiger partial charge in [-0.3, -0.25) is 9.89 Å². The van der Waals surface area contributed by atoms with E-state index in [4.69, 9.17) is 0 Å². The average Bonchev–Trinajstić information content (AvgIpc) is 3.35. The molecule has 0 saturated heterocycles. The third-order valence-electron chi connectivity index (χ3n) is 3.48. The Bertz CT molecular complexity index is 873. The molecule has 3 aromatic rings. The summed E-state index contributed by atoms with van der Waals surface area (Å²) in [5, 5.41) is 12.5. The number of rotatable bonds is 9. The van der Waals surface area contributed by atoms with Crippen LogP contribution in [0.25, 0.3) is 12.2 Å². The van der Waals surface area contributed by atoms with Crippen LogP contribution in [0.1, 0.15) is 16.3 Å². The van der Waals surface area contributed by atoms with Gasteiger partial charge < -0.3 is 5.32 Å². The van der Waals surface area contributed by atoms with Gasteiger partial charge in [0.05, 0.1) is 5.75 Å². The quantitative estimate of drug-likeness (QED) is 0.401. The Labute approximate surface area is 171 Å². The molecule has 1 amide bonds. The molecule has 27 heavy (non-hydrogen) atoms. The number of H-pyrrole nitrogens is 1. The van der Waals surface area contributed by atoms with E-state index < -0.39 is 0 Å². The van der Waals surface area contributed by atoms with Gasteiger partial charge in [0.25, 0.3) is 0 Å². The number of hydrogen-bond acceptors (Lipinski definition) is 6. The second-order valence-electron chi connectivity index (χ2n) is 5.65. The van der Waals surface area contributed by atoms with E-state index in [1.165, 1.54) is 22.2 Å². The topological polar surface area (TPSA) is 70.7 Å². The molecule has 1 aromatic carbocycles. The minimum atomic E-state index is -0.00927. The van der Waals surface area contributed by atoms with Crippen molar-refractivity contribution in [1.29, 1.82) is 0 Å². The summed E-state index contributed by atoms with van der Waals surface area (Å²) < 4.78 is 0. The van der Waals surface area contributed by atoms with Crippen molar-refractivity contribution in [2.75, 3.05) is 18.1 Å². The zero-order valence-corrected chi connectivity index (χ0v) is 17.3. The number of carbonyl (C=O) groups excluding carboxylic acids is 1. The van der Waals surface area contributed by atoms with E-state index in [1.807, 2.05) is 29.7 Å². The van der Waals surface area contributed by atoms with Crippen LogP contribution < -0.4 is 5.32 Å². The Hall–Kier alpha value is -2.03. The molecule has 0 aliphatic heterocycles. The smallest absolute Gasteiger partial charge is 0.230 e. The predicted molar refractivity (Wildman–Crippen MR) is 115 cm³/mol. The number of thioether (sulfide) groups is 2. The number of thiophene rings is 1. The van der Waals surface area contributed by atoms with E-state index in [1.54, 1.807) is 23.1 Å². The van der Waals surface area contributed by atoms with Crippen molar-refractivity contribution in [1.82, 2.24) is 20.5 Å². The van der Waals surface area contributed by atoms with Crippen molar-refractivity contribution in [3.63, 3.8) is 0 Å². The van der Waals surface area contributed by atoms with E-state index in [2.05, 4.69) is 51.7 Å². The first-order valence-corrected chi connectivity index (χ1v) is 11.3. The predicted octanol–water partition coefficient (Wildman–Crippen LogP) is 4.35. The van der Waals surface area contributed by atoms with Crippen LogP contribution in [0.5, 0.6) is 0 Å². The maximum atomic E-state index is 11.9. The molecule has 0 saturated carbocycles. The van der Waals surface area contributed by atoms with E-state index in [0.717, 1.165) is 10.6 Å².